The van der Waals surface area contributed by atoms with Crippen LogP contribution in [0.5, 0.6) is 0 Å². The standard InChI is InChI=1S/C23H24N2O4/c1-13-9-14(2)20(15(3)10-13)24-21(26)16-6-7-18-19(11-16)23(28)25(22(18)27)12-17-5-4-8-29-17/h6-7,9-11,17H,4-5,8,12H2,1-3H3,(H,24,26). The Balaban J connectivity index is 1.56. The lowest BCUT2D eigenvalue weighted by Gasteiger charge is -2.17. The van der Waals surface area contributed by atoms with Gasteiger partial charge in [0.15, 0.2) is 0 Å². The van der Waals surface area contributed by atoms with Gasteiger partial charge in [0.2, 0.25) is 0 Å². The summed E-state index contributed by atoms with van der Waals surface area (Å²) in [6, 6.07) is 8.69. The fourth-order valence-electron chi connectivity index (χ4n) is 4.15. The SMILES string of the molecule is Cc1cc(C)c(NC(=O)c2ccc3c(c2)C(=O)N(CC2CCCO2)C3=O)c(C)c1. The van der Waals surface area contributed by atoms with E-state index in [1.165, 1.54) is 11.0 Å². The molecule has 6 nitrogen and oxygen atoms in total. The third kappa shape index (κ3) is 3.56. The number of imide groups is 1. The quantitative estimate of drug-likeness (QED) is 0.806. The second kappa shape index (κ2) is 7.44. The lowest BCUT2D eigenvalue weighted by atomic mass is 10.0. The molecular formula is C23H24N2O4. The van der Waals surface area contributed by atoms with Gasteiger partial charge in [0.25, 0.3) is 17.7 Å². The smallest absolute Gasteiger partial charge is 0.261 e. The number of amides is 3. The zero-order chi connectivity index (χ0) is 20.7. The van der Waals surface area contributed by atoms with Crippen molar-refractivity contribution >= 4 is 23.4 Å². The average molecular weight is 392 g/mol. The summed E-state index contributed by atoms with van der Waals surface area (Å²) >= 11 is 0. The molecule has 0 aromatic heterocycles. The number of carbonyl (C=O) groups excluding carboxylic acids is 3. The number of fused-ring (bicyclic) bond motifs is 1. The maximum absolute atomic E-state index is 12.8. The molecule has 0 spiro atoms. The van der Waals surface area contributed by atoms with E-state index in [2.05, 4.69) is 5.32 Å². The molecule has 29 heavy (non-hydrogen) atoms. The Labute approximate surface area is 169 Å². The molecule has 3 amide bonds. The summed E-state index contributed by atoms with van der Waals surface area (Å²) in [6.45, 7) is 6.83. The minimum atomic E-state index is -0.363. The van der Waals surface area contributed by atoms with Gasteiger partial charge < -0.3 is 10.1 Å². The van der Waals surface area contributed by atoms with Gasteiger partial charge in [0.05, 0.1) is 23.8 Å². The third-order valence-corrected chi connectivity index (χ3v) is 5.56. The predicted octanol–water partition coefficient (Wildman–Crippen LogP) is 3.64. The van der Waals surface area contributed by atoms with E-state index in [4.69, 9.17) is 4.74 Å². The molecule has 1 fully saturated rings. The molecule has 1 atom stereocenters. The highest BCUT2D eigenvalue weighted by molar-refractivity contribution is 6.22. The van der Waals surface area contributed by atoms with E-state index in [1.54, 1.807) is 12.1 Å². The zero-order valence-corrected chi connectivity index (χ0v) is 16.9. The van der Waals surface area contributed by atoms with Crippen LogP contribution in [0.4, 0.5) is 5.69 Å². The number of hydrogen-bond acceptors (Lipinski definition) is 4. The number of hydrogen-bond donors (Lipinski definition) is 1. The van der Waals surface area contributed by atoms with Crippen LogP contribution in [0.3, 0.4) is 0 Å². The van der Waals surface area contributed by atoms with Crippen molar-refractivity contribution in [1.82, 2.24) is 4.90 Å². The Hall–Kier alpha value is -2.99. The third-order valence-electron chi connectivity index (χ3n) is 5.56. The van der Waals surface area contributed by atoms with Gasteiger partial charge in [-0.3, -0.25) is 19.3 Å². The summed E-state index contributed by atoms with van der Waals surface area (Å²) in [5.41, 5.74) is 4.82. The van der Waals surface area contributed by atoms with Gasteiger partial charge in [-0.05, 0) is 62.9 Å². The van der Waals surface area contributed by atoms with Crippen LogP contribution in [0.2, 0.25) is 0 Å². The van der Waals surface area contributed by atoms with E-state index in [1.807, 2.05) is 32.9 Å². The first-order valence-corrected chi connectivity index (χ1v) is 9.86. The Morgan fingerprint density at radius 1 is 1.07 bits per heavy atom. The Kier molecular flexibility index (Phi) is 4.96. The number of anilines is 1. The molecule has 2 heterocycles. The van der Waals surface area contributed by atoms with Crippen molar-refractivity contribution in [2.45, 2.75) is 39.7 Å². The largest absolute Gasteiger partial charge is 0.376 e. The fraction of sp³-hybridized carbons (Fsp3) is 0.348. The first kappa shape index (κ1) is 19.3. The molecule has 2 aliphatic heterocycles. The van der Waals surface area contributed by atoms with Crippen molar-refractivity contribution in [3.63, 3.8) is 0 Å². The molecular weight excluding hydrogens is 368 g/mol. The number of nitrogens with one attached hydrogen (secondary N) is 1. The van der Waals surface area contributed by atoms with Crippen LogP contribution in [-0.2, 0) is 4.74 Å². The summed E-state index contributed by atoms with van der Waals surface area (Å²) in [5.74, 6) is -0.990. The Morgan fingerprint density at radius 2 is 1.76 bits per heavy atom. The highest BCUT2D eigenvalue weighted by Gasteiger charge is 2.38. The van der Waals surface area contributed by atoms with E-state index in [-0.39, 0.29) is 35.9 Å². The summed E-state index contributed by atoms with van der Waals surface area (Å²) < 4.78 is 5.56. The normalized spacial score (nSPS) is 18.3. The summed E-state index contributed by atoms with van der Waals surface area (Å²) in [7, 11) is 0. The van der Waals surface area contributed by atoms with Crippen LogP contribution in [0.25, 0.3) is 0 Å². The second-order valence-corrected chi connectivity index (χ2v) is 7.84. The van der Waals surface area contributed by atoms with Crippen molar-refractivity contribution in [2.75, 3.05) is 18.5 Å². The molecule has 4 rings (SSSR count). The van der Waals surface area contributed by atoms with Gasteiger partial charge in [0.1, 0.15) is 0 Å². The van der Waals surface area contributed by atoms with Crippen LogP contribution in [0.15, 0.2) is 30.3 Å². The number of aryl methyl sites for hydroxylation is 3. The van der Waals surface area contributed by atoms with Gasteiger partial charge in [-0.25, -0.2) is 0 Å². The van der Waals surface area contributed by atoms with E-state index >= 15 is 0 Å². The van der Waals surface area contributed by atoms with Crippen LogP contribution < -0.4 is 5.32 Å². The topological polar surface area (TPSA) is 75.7 Å². The Bertz CT molecular complexity index is 999. The van der Waals surface area contributed by atoms with Crippen LogP contribution in [-0.4, -0.2) is 41.9 Å². The molecule has 0 saturated carbocycles. The monoisotopic (exact) mass is 392 g/mol. The molecule has 2 aromatic carbocycles. The van der Waals surface area contributed by atoms with E-state index < -0.39 is 0 Å². The van der Waals surface area contributed by atoms with Crippen LogP contribution in [0, 0.1) is 20.8 Å². The lowest BCUT2D eigenvalue weighted by Crippen LogP contribution is -2.36. The Morgan fingerprint density at radius 3 is 2.41 bits per heavy atom. The van der Waals surface area contributed by atoms with E-state index in [9.17, 15) is 14.4 Å². The molecule has 2 aromatic rings. The van der Waals surface area contributed by atoms with Crippen molar-refractivity contribution in [3.05, 3.63) is 63.7 Å². The van der Waals surface area contributed by atoms with Crippen LogP contribution >= 0.6 is 0 Å². The molecule has 0 radical (unpaired) electrons. The maximum atomic E-state index is 12.8. The van der Waals surface area contributed by atoms with E-state index in [0.29, 0.717) is 17.7 Å². The number of benzene rings is 2. The highest BCUT2D eigenvalue weighted by atomic mass is 16.5. The van der Waals surface area contributed by atoms with E-state index in [0.717, 1.165) is 35.2 Å². The van der Waals surface area contributed by atoms with Crippen molar-refractivity contribution in [1.29, 1.82) is 0 Å². The second-order valence-electron chi connectivity index (χ2n) is 7.84. The molecule has 1 N–H and O–H groups in total. The van der Waals surface area contributed by atoms with Crippen LogP contribution in [0.1, 0.15) is 60.6 Å². The molecule has 150 valence electrons. The predicted molar refractivity (Wildman–Crippen MR) is 109 cm³/mol. The summed E-state index contributed by atoms with van der Waals surface area (Å²) in [4.78, 5) is 39.5. The minimum Gasteiger partial charge on any atom is -0.376 e. The minimum absolute atomic E-state index is 0.104. The molecule has 1 saturated heterocycles. The molecule has 1 unspecified atom stereocenters. The lowest BCUT2D eigenvalue weighted by molar-refractivity contribution is 0.0475. The summed E-state index contributed by atoms with van der Waals surface area (Å²) in [5, 5.41) is 2.94. The van der Waals surface area contributed by atoms with Crippen molar-refractivity contribution in [3.8, 4) is 0 Å². The fourth-order valence-corrected chi connectivity index (χ4v) is 4.15. The van der Waals surface area contributed by atoms with Gasteiger partial charge >= 0.3 is 0 Å². The van der Waals surface area contributed by atoms with Gasteiger partial charge in [0, 0.05) is 17.9 Å². The first-order valence-electron chi connectivity index (χ1n) is 9.86. The molecule has 2 aliphatic rings. The number of ether oxygens (including phenoxy) is 1. The number of nitrogens with zero attached hydrogens (tertiary/aromatic N) is 1. The number of carbonyl (C=O) groups is 3. The zero-order valence-electron chi connectivity index (χ0n) is 16.9. The van der Waals surface area contributed by atoms with Gasteiger partial charge in [-0.2, -0.15) is 0 Å². The highest BCUT2D eigenvalue weighted by Crippen LogP contribution is 2.27. The maximum Gasteiger partial charge on any atom is 0.261 e. The first-order chi connectivity index (χ1) is 13.8. The van der Waals surface area contributed by atoms with Gasteiger partial charge in [-0.1, -0.05) is 17.7 Å². The van der Waals surface area contributed by atoms with Crippen molar-refractivity contribution in [2.24, 2.45) is 0 Å². The molecule has 0 aliphatic carbocycles. The molecule has 6 heteroatoms. The molecule has 0 bridgehead atoms. The number of rotatable bonds is 4. The average Bonchev–Trinajstić information content (AvgIpc) is 3.27. The summed E-state index contributed by atoms with van der Waals surface area (Å²) in [6.07, 6.45) is 1.68. The van der Waals surface area contributed by atoms with Gasteiger partial charge in [-0.15, -0.1) is 0 Å². The van der Waals surface area contributed by atoms with Crippen molar-refractivity contribution < 1.29 is 19.1 Å².